The summed E-state index contributed by atoms with van der Waals surface area (Å²) in [5.74, 6) is 0.0575. The van der Waals surface area contributed by atoms with Gasteiger partial charge < -0.3 is 5.32 Å². The summed E-state index contributed by atoms with van der Waals surface area (Å²) in [7, 11) is 0. The van der Waals surface area contributed by atoms with Crippen LogP contribution in [0.3, 0.4) is 0 Å². The quantitative estimate of drug-likeness (QED) is 0.762. The number of carbonyl (C=O) groups excluding carboxylic acids is 2. The summed E-state index contributed by atoms with van der Waals surface area (Å²) < 4.78 is 0. The van der Waals surface area contributed by atoms with E-state index in [2.05, 4.69) is 40.1 Å². The first-order valence-corrected chi connectivity index (χ1v) is 9.51. The van der Waals surface area contributed by atoms with Crippen molar-refractivity contribution in [2.24, 2.45) is 16.2 Å². The lowest BCUT2D eigenvalue weighted by molar-refractivity contribution is -0.130. The average molecular weight is 401 g/mol. The summed E-state index contributed by atoms with van der Waals surface area (Å²) in [5.41, 5.74) is -0.150. The van der Waals surface area contributed by atoms with Crippen LogP contribution in [0.2, 0.25) is 0 Å². The number of hydrogen-bond donors (Lipinski definition) is 1. The zero-order valence-electron chi connectivity index (χ0n) is 14.6. The van der Waals surface area contributed by atoms with Crippen LogP contribution in [0.1, 0.15) is 33.6 Å². The highest BCUT2D eigenvalue weighted by Gasteiger charge is 2.76. The highest BCUT2D eigenvalue weighted by molar-refractivity contribution is 9.10. The Labute approximate surface area is 155 Å². The molecule has 25 heavy (non-hydrogen) atoms. The van der Waals surface area contributed by atoms with Crippen molar-refractivity contribution < 1.29 is 9.59 Å². The van der Waals surface area contributed by atoms with E-state index >= 15 is 0 Å². The molecule has 130 valence electrons. The van der Waals surface area contributed by atoms with Crippen LogP contribution in [0.4, 0.5) is 5.69 Å². The number of anilines is 1. The van der Waals surface area contributed by atoms with Crippen LogP contribution in [-0.4, -0.2) is 21.5 Å². The van der Waals surface area contributed by atoms with Crippen molar-refractivity contribution in [1.29, 1.82) is 0 Å². The van der Waals surface area contributed by atoms with E-state index in [0.29, 0.717) is 12.1 Å². The SMILES string of the molecule is CC1(C)[C@]2(C(=O)Nc3cccc4cccnc34)CC[C@]1(C)C(=O)[C@H]2Br. The number of amides is 1. The number of hydrogen-bond acceptors (Lipinski definition) is 3. The van der Waals surface area contributed by atoms with Gasteiger partial charge in [0.1, 0.15) is 0 Å². The Morgan fingerprint density at radius 2 is 1.92 bits per heavy atom. The van der Waals surface area contributed by atoms with Crippen LogP contribution in [0.25, 0.3) is 10.9 Å². The lowest BCUT2D eigenvalue weighted by Crippen LogP contribution is -2.48. The molecule has 1 N–H and O–H groups in total. The van der Waals surface area contributed by atoms with E-state index < -0.39 is 21.1 Å². The number of para-hydroxylation sites is 1. The van der Waals surface area contributed by atoms with Gasteiger partial charge in [0.25, 0.3) is 0 Å². The zero-order chi connectivity index (χ0) is 18.0. The summed E-state index contributed by atoms with van der Waals surface area (Å²) in [6, 6.07) is 9.60. The second kappa shape index (κ2) is 5.13. The van der Waals surface area contributed by atoms with Crippen molar-refractivity contribution in [2.45, 2.75) is 38.4 Å². The molecule has 2 aromatic rings. The van der Waals surface area contributed by atoms with Gasteiger partial charge in [-0.3, -0.25) is 14.6 Å². The molecular weight excluding hydrogens is 380 g/mol. The van der Waals surface area contributed by atoms with Crippen LogP contribution >= 0.6 is 15.9 Å². The Bertz CT molecular complexity index is 904. The Balaban J connectivity index is 1.78. The van der Waals surface area contributed by atoms with Gasteiger partial charge in [-0.1, -0.05) is 54.9 Å². The summed E-state index contributed by atoms with van der Waals surface area (Å²) in [6.07, 6.45) is 3.18. The van der Waals surface area contributed by atoms with Gasteiger partial charge in [0.2, 0.25) is 5.91 Å². The summed E-state index contributed by atoms with van der Waals surface area (Å²) in [5, 5.41) is 4.06. The van der Waals surface area contributed by atoms with Crippen molar-refractivity contribution in [1.82, 2.24) is 4.98 Å². The predicted octanol–water partition coefficient (Wildman–Crippen LogP) is 4.33. The van der Waals surface area contributed by atoms with Gasteiger partial charge in [-0.2, -0.15) is 0 Å². The number of rotatable bonds is 2. The largest absolute Gasteiger partial charge is 0.324 e. The van der Waals surface area contributed by atoms with Gasteiger partial charge in [-0.25, -0.2) is 0 Å². The van der Waals surface area contributed by atoms with Gasteiger partial charge in [0.05, 0.1) is 21.4 Å². The summed E-state index contributed by atoms with van der Waals surface area (Å²) in [4.78, 5) is 30.2. The highest BCUT2D eigenvalue weighted by Crippen LogP contribution is 2.72. The van der Waals surface area contributed by atoms with Crippen molar-refractivity contribution in [3.8, 4) is 0 Å². The van der Waals surface area contributed by atoms with E-state index in [4.69, 9.17) is 0 Å². The molecule has 4 rings (SSSR count). The van der Waals surface area contributed by atoms with Crippen molar-refractivity contribution in [2.75, 3.05) is 5.32 Å². The predicted molar refractivity (Wildman–Crippen MR) is 102 cm³/mol. The molecule has 1 heterocycles. The topological polar surface area (TPSA) is 59.1 Å². The smallest absolute Gasteiger partial charge is 0.232 e. The molecule has 2 aliphatic carbocycles. The maximum Gasteiger partial charge on any atom is 0.232 e. The third-order valence-corrected chi connectivity index (χ3v) is 8.20. The molecule has 0 unspecified atom stereocenters. The molecule has 3 atom stereocenters. The summed E-state index contributed by atoms with van der Waals surface area (Å²) in [6.45, 7) is 6.12. The van der Waals surface area contributed by atoms with Gasteiger partial charge in [0, 0.05) is 17.0 Å². The maximum atomic E-state index is 13.4. The maximum absolute atomic E-state index is 13.4. The normalized spacial score (nSPS) is 33.0. The molecule has 1 amide bonds. The number of benzene rings is 1. The van der Waals surface area contributed by atoms with Crippen LogP contribution in [0.15, 0.2) is 36.5 Å². The fourth-order valence-corrected chi connectivity index (χ4v) is 6.41. The van der Waals surface area contributed by atoms with Crippen LogP contribution < -0.4 is 5.32 Å². The molecule has 2 fully saturated rings. The molecule has 4 nitrogen and oxygen atoms in total. The van der Waals surface area contributed by atoms with Gasteiger partial charge in [-0.15, -0.1) is 0 Å². The molecule has 2 aliphatic rings. The minimum Gasteiger partial charge on any atom is -0.324 e. The van der Waals surface area contributed by atoms with Crippen molar-refractivity contribution in [3.63, 3.8) is 0 Å². The van der Waals surface area contributed by atoms with Gasteiger partial charge in [-0.05, 0) is 30.4 Å². The van der Waals surface area contributed by atoms with Crippen molar-refractivity contribution >= 4 is 44.2 Å². The minimum atomic E-state index is -0.740. The molecule has 0 spiro atoms. The number of ketones is 1. The number of nitrogens with one attached hydrogen (secondary N) is 1. The number of nitrogens with zero attached hydrogens (tertiary/aromatic N) is 1. The second-order valence-electron chi connectivity index (χ2n) is 7.99. The van der Waals surface area contributed by atoms with Crippen LogP contribution in [-0.2, 0) is 9.59 Å². The van der Waals surface area contributed by atoms with Crippen LogP contribution in [0, 0.1) is 16.2 Å². The number of halogens is 1. The number of pyridine rings is 1. The number of fused-ring (bicyclic) bond motifs is 3. The Morgan fingerprint density at radius 3 is 2.60 bits per heavy atom. The van der Waals surface area contributed by atoms with E-state index in [-0.39, 0.29) is 11.7 Å². The van der Waals surface area contributed by atoms with Gasteiger partial charge >= 0.3 is 0 Å². The van der Waals surface area contributed by atoms with E-state index in [1.165, 1.54) is 0 Å². The molecule has 2 bridgehead atoms. The van der Waals surface area contributed by atoms with Crippen LogP contribution in [0.5, 0.6) is 0 Å². The first-order chi connectivity index (χ1) is 11.8. The Kier molecular flexibility index (Phi) is 3.43. The molecular formula is C20H21BrN2O2. The van der Waals surface area contributed by atoms with E-state index in [9.17, 15) is 9.59 Å². The Morgan fingerprint density at radius 1 is 1.20 bits per heavy atom. The molecule has 2 saturated carbocycles. The standard InChI is InChI=1S/C20H21BrN2O2/c1-18(2)19(3)9-10-20(18,15(21)16(19)24)17(25)23-13-8-4-6-12-7-5-11-22-14(12)13/h4-8,11,15H,9-10H2,1-3H3,(H,23,25)/t15-,19-,20-/m1/s1. The zero-order valence-corrected chi connectivity index (χ0v) is 16.2. The molecule has 1 aromatic heterocycles. The number of aromatic nitrogens is 1. The fraction of sp³-hybridized carbons (Fsp3) is 0.450. The first kappa shape index (κ1) is 16.7. The first-order valence-electron chi connectivity index (χ1n) is 8.59. The second-order valence-corrected chi connectivity index (χ2v) is 8.91. The molecule has 0 radical (unpaired) electrons. The van der Waals surface area contributed by atoms with Gasteiger partial charge in [0.15, 0.2) is 5.78 Å². The molecule has 0 saturated heterocycles. The lowest BCUT2D eigenvalue weighted by atomic mass is 9.64. The number of alkyl halides is 1. The Hall–Kier alpha value is -1.75. The molecule has 5 heteroatoms. The third kappa shape index (κ3) is 1.85. The van der Waals surface area contributed by atoms with Crippen molar-refractivity contribution in [3.05, 3.63) is 36.5 Å². The lowest BCUT2D eigenvalue weighted by Gasteiger charge is -2.39. The molecule has 0 aliphatic heterocycles. The highest BCUT2D eigenvalue weighted by atomic mass is 79.9. The average Bonchev–Trinajstić information content (AvgIpc) is 2.87. The summed E-state index contributed by atoms with van der Waals surface area (Å²) >= 11 is 3.57. The van der Waals surface area contributed by atoms with E-state index in [0.717, 1.165) is 17.3 Å². The minimum absolute atomic E-state index is 0.0906. The third-order valence-electron chi connectivity index (χ3n) is 7.01. The molecule has 1 aromatic carbocycles. The fourth-order valence-electron chi connectivity index (χ4n) is 4.89. The number of Topliss-reactive ketones (excluding diaryl/α,β-unsaturated/α-hetero) is 1. The van der Waals surface area contributed by atoms with E-state index in [1.54, 1.807) is 6.20 Å². The van der Waals surface area contributed by atoms with E-state index in [1.807, 2.05) is 37.3 Å². The monoisotopic (exact) mass is 400 g/mol. The number of carbonyl (C=O) groups is 2.